The number of carbonyl (C=O) groups is 1. The third kappa shape index (κ3) is 2.19. The minimum atomic E-state index is -0.278. The van der Waals surface area contributed by atoms with Gasteiger partial charge in [-0.05, 0) is 31.0 Å². The highest BCUT2D eigenvalue weighted by molar-refractivity contribution is 5.95. The second kappa shape index (κ2) is 4.63. The van der Waals surface area contributed by atoms with E-state index in [0.29, 0.717) is 18.7 Å². The molecule has 1 atom stereocenters. The van der Waals surface area contributed by atoms with Gasteiger partial charge in [0.2, 0.25) is 0 Å². The summed E-state index contributed by atoms with van der Waals surface area (Å²) in [6, 6.07) is 4.18. The Hall–Kier alpha value is -1.75. The van der Waals surface area contributed by atoms with E-state index >= 15 is 0 Å². The summed E-state index contributed by atoms with van der Waals surface area (Å²) in [6.45, 7) is 1.15. The maximum atomic E-state index is 12.2. The number of phenolic OH excluding ortho intramolecular Hbond substituents is 2. The lowest BCUT2D eigenvalue weighted by Gasteiger charge is -2.23. The molecule has 0 radical (unpaired) electrons. The molecule has 1 unspecified atom stereocenters. The third-order valence-corrected chi connectivity index (χ3v) is 3.13. The molecular formula is C12H16N2O3. The van der Waals surface area contributed by atoms with Crippen molar-refractivity contribution >= 4 is 5.91 Å². The quantitative estimate of drug-likeness (QED) is 0.658. The fourth-order valence-electron chi connectivity index (χ4n) is 2.17. The lowest BCUT2D eigenvalue weighted by Crippen LogP contribution is -2.39. The van der Waals surface area contributed by atoms with Crippen molar-refractivity contribution < 1.29 is 15.0 Å². The summed E-state index contributed by atoms with van der Waals surface area (Å²) in [5.74, 6) is -0.647. The zero-order valence-electron chi connectivity index (χ0n) is 9.47. The van der Waals surface area contributed by atoms with Crippen LogP contribution in [-0.2, 0) is 0 Å². The van der Waals surface area contributed by atoms with E-state index in [1.807, 2.05) is 0 Å². The SMILES string of the molecule is NCC1CCCN1C(=O)c1ccc(O)c(O)c1. The molecule has 17 heavy (non-hydrogen) atoms. The molecule has 1 aliphatic heterocycles. The van der Waals surface area contributed by atoms with Crippen molar-refractivity contribution in [2.24, 2.45) is 5.73 Å². The van der Waals surface area contributed by atoms with Gasteiger partial charge in [0.05, 0.1) is 0 Å². The van der Waals surface area contributed by atoms with Crippen LogP contribution in [0.4, 0.5) is 0 Å². The van der Waals surface area contributed by atoms with Crippen LogP contribution < -0.4 is 5.73 Å². The molecule has 1 aromatic rings. The molecule has 0 aromatic heterocycles. The minimum Gasteiger partial charge on any atom is -0.504 e. The Kier molecular flexibility index (Phi) is 3.19. The lowest BCUT2D eigenvalue weighted by atomic mass is 10.1. The lowest BCUT2D eigenvalue weighted by molar-refractivity contribution is 0.0740. The van der Waals surface area contributed by atoms with Gasteiger partial charge < -0.3 is 20.8 Å². The number of benzene rings is 1. The Morgan fingerprint density at radius 2 is 2.18 bits per heavy atom. The first-order chi connectivity index (χ1) is 8.13. The van der Waals surface area contributed by atoms with Crippen molar-refractivity contribution in [3.63, 3.8) is 0 Å². The number of nitrogens with two attached hydrogens (primary N) is 1. The van der Waals surface area contributed by atoms with Crippen LogP contribution in [0.15, 0.2) is 18.2 Å². The smallest absolute Gasteiger partial charge is 0.254 e. The molecule has 0 bridgehead atoms. The average Bonchev–Trinajstić information content (AvgIpc) is 2.80. The van der Waals surface area contributed by atoms with Gasteiger partial charge in [-0.1, -0.05) is 0 Å². The molecule has 2 rings (SSSR count). The van der Waals surface area contributed by atoms with Gasteiger partial charge in [0.25, 0.3) is 5.91 Å². The van der Waals surface area contributed by atoms with Crippen LogP contribution in [0.3, 0.4) is 0 Å². The highest BCUT2D eigenvalue weighted by Crippen LogP contribution is 2.27. The van der Waals surface area contributed by atoms with Crippen LogP contribution >= 0.6 is 0 Å². The Morgan fingerprint density at radius 3 is 2.82 bits per heavy atom. The predicted molar refractivity (Wildman–Crippen MR) is 62.9 cm³/mol. The van der Waals surface area contributed by atoms with Crippen LogP contribution in [0.5, 0.6) is 11.5 Å². The molecule has 5 heteroatoms. The fraction of sp³-hybridized carbons (Fsp3) is 0.417. The summed E-state index contributed by atoms with van der Waals surface area (Å²) in [7, 11) is 0. The first kappa shape index (κ1) is 11.7. The molecule has 4 N–H and O–H groups in total. The number of carbonyl (C=O) groups excluding carboxylic acids is 1. The van der Waals surface area contributed by atoms with Crippen molar-refractivity contribution in [3.8, 4) is 11.5 Å². The minimum absolute atomic E-state index is 0.0819. The van der Waals surface area contributed by atoms with Gasteiger partial charge in [-0.15, -0.1) is 0 Å². The zero-order valence-corrected chi connectivity index (χ0v) is 9.47. The van der Waals surface area contributed by atoms with E-state index in [2.05, 4.69) is 0 Å². The van der Waals surface area contributed by atoms with Gasteiger partial charge in [-0.25, -0.2) is 0 Å². The molecule has 1 aliphatic rings. The van der Waals surface area contributed by atoms with Crippen LogP contribution in [0.1, 0.15) is 23.2 Å². The van der Waals surface area contributed by atoms with Crippen molar-refractivity contribution in [1.29, 1.82) is 0 Å². The van der Waals surface area contributed by atoms with Crippen LogP contribution in [0.25, 0.3) is 0 Å². The van der Waals surface area contributed by atoms with Crippen LogP contribution in [-0.4, -0.2) is 40.2 Å². The van der Waals surface area contributed by atoms with E-state index < -0.39 is 0 Å². The molecule has 1 heterocycles. The van der Waals surface area contributed by atoms with Crippen LogP contribution in [0, 0.1) is 0 Å². The number of hydrogen-bond acceptors (Lipinski definition) is 4. The molecule has 1 saturated heterocycles. The Morgan fingerprint density at radius 1 is 1.41 bits per heavy atom. The van der Waals surface area contributed by atoms with E-state index in [9.17, 15) is 15.0 Å². The first-order valence-corrected chi connectivity index (χ1v) is 5.66. The molecule has 92 valence electrons. The van der Waals surface area contributed by atoms with Gasteiger partial charge >= 0.3 is 0 Å². The summed E-state index contributed by atoms with van der Waals surface area (Å²) in [6.07, 6.45) is 1.88. The summed E-state index contributed by atoms with van der Waals surface area (Å²) >= 11 is 0. The predicted octanol–water partition coefficient (Wildman–Crippen LogP) is 0.661. The van der Waals surface area contributed by atoms with Gasteiger partial charge in [0, 0.05) is 24.7 Å². The maximum Gasteiger partial charge on any atom is 0.254 e. The molecule has 5 nitrogen and oxygen atoms in total. The van der Waals surface area contributed by atoms with Gasteiger partial charge in [-0.2, -0.15) is 0 Å². The van der Waals surface area contributed by atoms with Crippen molar-refractivity contribution in [3.05, 3.63) is 23.8 Å². The summed E-state index contributed by atoms with van der Waals surface area (Å²) in [4.78, 5) is 13.9. The summed E-state index contributed by atoms with van der Waals surface area (Å²) in [5.41, 5.74) is 5.99. The number of amides is 1. The number of phenols is 2. The zero-order chi connectivity index (χ0) is 12.4. The van der Waals surface area contributed by atoms with Crippen molar-refractivity contribution in [2.75, 3.05) is 13.1 Å². The van der Waals surface area contributed by atoms with Crippen LogP contribution in [0.2, 0.25) is 0 Å². The second-order valence-electron chi connectivity index (χ2n) is 4.23. The van der Waals surface area contributed by atoms with Gasteiger partial charge in [0.15, 0.2) is 11.5 Å². The number of aromatic hydroxyl groups is 2. The topological polar surface area (TPSA) is 86.8 Å². The highest BCUT2D eigenvalue weighted by atomic mass is 16.3. The largest absolute Gasteiger partial charge is 0.504 e. The first-order valence-electron chi connectivity index (χ1n) is 5.66. The molecule has 0 spiro atoms. The number of likely N-dealkylation sites (tertiary alicyclic amines) is 1. The number of nitrogens with zero attached hydrogens (tertiary/aromatic N) is 1. The fourth-order valence-corrected chi connectivity index (χ4v) is 2.17. The van der Waals surface area contributed by atoms with Crippen molar-refractivity contribution in [1.82, 2.24) is 4.90 Å². The van der Waals surface area contributed by atoms with E-state index in [1.165, 1.54) is 18.2 Å². The van der Waals surface area contributed by atoms with Gasteiger partial charge in [-0.3, -0.25) is 4.79 Å². The summed E-state index contributed by atoms with van der Waals surface area (Å²) < 4.78 is 0. The Balaban J connectivity index is 2.21. The molecular weight excluding hydrogens is 220 g/mol. The van der Waals surface area contributed by atoms with Gasteiger partial charge in [0.1, 0.15) is 0 Å². The van der Waals surface area contributed by atoms with E-state index in [-0.39, 0.29) is 23.4 Å². The number of rotatable bonds is 2. The Bertz CT molecular complexity index is 434. The molecule has 0 saturated carbocycles. The number of hydrogen-bond donors (Lipinski definition) is 3. The standard InChI is InChI=1S/C12H16N2O3/c13-7-9-2-1-5-14(9)12(17)8-3-4-10(15)11(16)6-8/h3-4,6,9,15-16H,1-2,5,7,13H2. The maximum absolute atomic E-state index is 12.2. The molecule has 1 amide bonds. The molecule has 1 aromatic carbocycles. The van der Waals surface area contributed by atoms with Crippen molar-refractivity contribution in [2.45, 2.75) is 18.9 Å². The monoisotopic (exact) mass is 236 g/mol. The average molecular weight is 236 g/mol. The molecule has 1 fully saturated rings. The van der Waals surface area contributed by atoms with E-state index in [4.69, 9.17) is 5.73 Å². The van der Waals surface area contributed by atoms with E-state index in [1.54, 1.807) is 4.90 Å². The highest BCUT2D eigenvalue weighted by Gasteiger charge is 2.28. The molecule has 0 aliphatic carbocycles. The third-order valence-electron chi connectivity index (χ3n) is 3.13. The normalized spacial score (nSPS) is 19.6. The second-order valence-corrected chi connectivity index (χ2v) is 4.23. The summed E-state index contributed by atoms with van der Waals surface area (Å²) in [5, 5.41) is 18.6. The van der Waals surface area contributed by atoms with E-state index in [0.717, 1.165) is 12.8 Å². The Labute approximate surface area is 99.5 Å².